The van der Waals surface area contributed by atoms with Crippen LogP contribution in [0.3, 0.4) is 0 Å². The molecule has 1 aliphatic carbocycles. The lowest BCUT2D eigenvalue weighted by molar-refractivity contribution is -0.148. The van der Waals surface area contributed by atoms with E-state index >= 15 is 0 Å². The number of amides is 3. The molecule has 198 valence electrons. The molecule has 3 N–H and O–H groups in total. The van der Waals surface area contributed by atoms with E-state index < -0.39 is 29.1 Å². The number of carbonyl (C=O) groups is 3. The first-order valence-corrected chi connectivity index (χ1v) is 14.1. The lowest BCUT2D eigenvalue weighted by Gasteiger charge is -2.35. The SMILES string of the molecule is CCCNC(=O)[C@H]1[C@H]2C(=O)N(CCCCCCO)C(C(=O)NC3CCCCC3)C23CC[C@]1(CC)O3. The zero-order chi connectivity index (χ0) is 25.1. The highest BCUT2D eigenvalue weighted by molar-refractivity contribution is 5.99. The second-order valence-corrected chi connectivity index (χ2v) is 11.1. The Morgan fingerprint density at radius 2 is 1.80 bits per heavy atom. The second-order valence-electron chi connectivity index (χ2n) is 11.1. The third kappa shape index (κ3) is 4.73. The molecule has 3 aliphatic heterocycles. The Bertz CT molecular complexity index is 785. The maximum atomic E-state index is 14.0. The van der Waals surface area contributed by atoms with Crippen LogP contribution in [0, 0.1) is 11.8 Å². The number of unbranched alkanes of at least 4 members (excludes halogenated alkanes) is 3. The third-order valence-electron chi connectivity index (χ3n) is 9.02. The molecule has 3 amide bonds. The van der Waals surface area contributed by atoms with Gasteiger partial charge in [-0.15, -0.1) is 0 Å². The molecule has 5 atom stereocenters. The van der Waals surface area contributed by atoms with Crippen molar-refractivity contribution in [1.82, 2.24) is 15.5 Å². The molecule has 3 heterocycles. The summed E-state index contributed by atoms with van der Waals surface area (Å²) >= 11 is 0. The van der Waals surface area contributed by atoms with Gasteiger partial charge < -0.3 is 25.4 Å². The lowest BCUT2D eigenvalue weighted by atomic mass is 9.65. The summed E-state index contributed by atoms with van der Waals surface area (Å²) in [5, 5.41) is 15.4. The van der Waals surface area contributed by atoms with Gasteiger partial charge in [0.05, 0.1) is 17.4 Å². The molecule has 4 aliphatic rings. The molecule has 4 fully saturated rings. The number of aliphatic hydroxyl groups is 1. The summed E-state index contributed by atoms with van der Waals surface area (Å²) in [7, 11) is 0. The van der Waals surface area contributed by atoms with E-state index in [4.69, 9.17) is 9.84 Å². The minimum absolute atomic E-state index is 0.0948. The van der Waals surface area contributed by atoms with Gasteiger partial charge in [0, 0.05) is 25.7 Å². The van der Waals surface area contributed by atoms with Crippen LogP contribution >= 0.6 is 0 Å². The third-order valence-corrected chi connectivity index (χ3v) is 9.02. The molecule has 35 heavy (non-hydrogen) atoms. The van der Waals surface area contributed by atoms with Crippen LogP contribution in [0.2, 0.25) is 0 Å². The van der Waals surface area contributed by atoms with E-state index in [1.54, 1.807) is 4.90 Å². The largest absolute Gasteiger partial charge is 0.396 e. The van der Waals surface area contributed by atoms with Gasteiger partial charge in [-0.3, -0.25) is 14.4 Å². The highest BCUT2D eigenvalue weighted by atomic mass is 16.5. The summed E-state index contributed by atoms with van der Waals surface area (Å²) < 4.78 is 6.79. The summed E-state index contributed by atoms with van der Waals surface area (Å²) in [6.07, 6.45) is 11.5. The van der Waals surface area contributed by atoms with E-state index in [1.807, 2.05) is 13.8 Å². The Morgan fingerprint density at radius 1 is 1.06 bits per heavy atom. The summed E-state index contributed by atoms with van der Waals surface area (Å²) in [5.41, 5.74) is -1.60. The smallest absolute Gasteiger partial charge is 0.246 e. The number of rotatable bonds is 12. The highest BCUT2D eigenvalue weighted by Crippen LogP contribution is 2.64. The van der Waals surface area contributed by atoms with Crippen LogP contribution in [0.15, 0.2) is 0 Å². The number of nitrogens with one attached hydrogen (secondary N) is 2. The summed E-state index contributed by atoms with van der Waals surface area (Å²) in [4.78, 5) is 43.0. The lowest BCUT2D eigenvalue weighted by Crippen LogP contribution is -2.57. The number of carbonyl (C=O) groups excluding carboxylic acids is 3. The van der Waals surface area contributed by atoms with Gasteiger partial charge in [-0.2, -0.15) is 0 Å². The second kappa shape index (κ2) is 11.2. The van der Waals surface area contributed by atoms with Crippen molar-refractivity contribution in [3.63, 3.8) is 0 Å². The van der Waals surface area contributed by atoms with Gasteiger partial charge in [0.2, 0.25) is 17.7 Å². The topological polar surface area (TPSA) is 108 Å². The van der Waals surface area contributed by atoms with Crippen molar-refractivity contribution < 1.29 is 24.2 Å². The average molecular weight is 492 g/mol. The molecular formula is C27H45N3O5. The number of hydrogen-bond donors (Lipinski definition) is 3. The van der Waals surface area contributed by atoms with Crippen molar-refractivity contribution in [3.8, 4) is 0 Å². The molecule has 0 aromatic rings. The molecule has 4 rings (SSSR count). The van der Waals surface area contributed by atoms with E-state index in [0.29, 0.717) is 32.4 Å². The van der Waals surface area contributed by atoms with Gasteiger partial charge in [-0.1, -0.05) is 46.0 Å². The Labute approximate surface area is 209 Å². The number of ether oxygens (including phenoxy) is 1. The highest BCUT2D eigenvalue weighted by Gasteiger charge is 2.78. The van der Waals surface area contributed by atoms with Gasteiger partial charge in [0.25, 0.3) is 0 Å². The van der Waals surface area contributed by atoms with Gasteiger partial charge in [0.15, 0.2) is 0 Å². The number of fused-ring (bicyclic) bond motifs is 1. The minimum atomic E-state index is -0.925. The van der Waals surface area contributed by atoms with Gasteiger partial charge >= 0.3 is 0 Å². The fourth-order valence-electron chi connectivity index (χ4n) is 7.29. The fourth-order valence-corrected chi connectivity index (χ4v) is 7.29. The van der Waals surface area contributed by atoms with E-state index in [9.17, 15) is 14.4 Å². The van der Waals surface area contributed by atoms with E-state index in [2.05, 4.69) is 10.6 Å². The molecule has 1 saturated carbocycles. The van der Waals surface area contributed by atoms with Gasteiger partial charge in [-0.05, 0) is 51.4 Å². The van der Waals surface area contributed by atoms with Crippen LogP contribution < -0.4 is 10.6 Å². The Morgan fingerprint density at radius 3 is 2.49 bits per heavy atom. The zero-order valence-electron chi connectivity index (χ0n) is 21.7. The Kier molecular flexibility index (Phi) is 8.41. The van der Waals surface area contributed by atoms with Crippen molar-refractivity contribution in [1.29, 1.82) is 0 Å². The first-order chi connectivity index (χ1) is 16.9. The van der Waals surface area contributed by atoms with E-state index in [-0.39, 0.29) is 30.4 Å². The van der Waals surface area contributed by atoms with Crippen LogP contribution in [-0.4, -0.2) is 70.7 Å². The first kappa shape index (κ1) is 26.4. The zero-order valence-corrected chi connectivity index (χ0v) is 21.7. The maximum Gasteiger partial charge on any atom is 0.246 e. The molecular weight excluding hydrogens is 446 g/mol. The van der Waals surface area contributed by atoms with Crippen LogP contribution in [-0.2, 0) is 19.1 Å². The van der Waals surface area contributed by atoms with Crippen molar-refractivity contribution in [3.05, 3.63) is 0 Å². The average Bonchev–Trinajstić information content (AvgIpc) is 3.46. The number of nitrogens with zero attached hydrogens (tertiary/aromatic N) is 1. The Balaban J connectivity index is 1.61. The van der Waals surface area contributed by atoms with Crippen LogP contribution in [0.1, 0.15) is 97.3 Å². The molecule has 0 aromatic carbocycles. The monoisotopic (exact) mass is 491 g/mol. The van der Waals surface area contributed by atoms with Crippen molar-refractivity contribution in [2.75, 3.05) is 19.7 Å². The van der Waals surface area contributed by atoms with Crippen LogP contribution in [0.4, 0.5) is 0 Å². The van der Waals surface area contributed by atoms with Crippen molar-refractivity contribution in [2.24, 2.45) is 11.8 Å². The Hall–Kier alpha value is -1.67. The molecule has 2 bridgehead atoms. The molecule has 0 radical (unpaired) electrons. The quantitative estimate of drug-likeness (QED) is 0.364. The van der Waals surface area contributed by atoms with Gasteiger partial charge in [-0.25, -0.2) is 0 Å². The summed E-state index contributed by atoms with van der Waals surface area (Å²) in [5.74, 6) is -1.46. The van der Waals surface area contributed by atoms with Crippen molar-refractivity contribution in [2.45, 2.75) is 121 Å². The predicted molar refractivity (Wildman–Crippen MR) is 132 cm³/mol. The van der Waals surface area contributed by atoms with Crippen LogP contribution in [0.5, 0.6) is 0 Å². The molecule has 3 saturated heterocycles. The fraction of sp³-hybridized carbons (Fsp3) is 0.889. The predicted octanol–water partition coefficient (Wildman–Crippen LogP) is 2.67. The molecule has 8 nitrogen and oxygen atoms in total. The minimum Gasteiger partial charge on any atom is -0.396 e. The molecule has 0 aromatic heterocycles. The normalized spacial score (nSPS) is 34.3. The van der Waals surface area contributed by atoms with Crippen LogP contribution in [0.25, 0.3) is 0 Å². The first-order valence-electron chi connectivity index (χ1n) is 14.1. The number of likely N-dealkylation sites (tertiary alicyclic amines) is 1. The molecule has 2 unspecified atom stereocenters. The summed E-state index contributed by atoms with van der Waals surface area (Å²) in [6, 6.07) is -0.534. The maximum absolute atomic E-state index is 14.0. The standard InChI is InChI=1S/C27H45N3O5/c1-3-16-28-23(32)20-21-25(34)30(17-10-5-6-11-18-31)22(24(33)29-19-12-8-7-9-13-19)27(21)15-14-26(20,4-2)35-27/h19-22,31H,3-18H2,1-2H3,(H,28,32)(H,29,33)/t20-,21+,22?,26+,27?/m1/s1. The van der Waals surface area contributed by atoms with E-state index in [0.717, 1.165) is 57.8 Å². The summed E-state index contributed by atoms with van der Waals surface area (Å²) in [6.45, 7) is 5.27. The van der Waals surface area contributed by atoms with Gasteiger partial charge in [0.1, 0.15) is 11.6 Å². The molecule has 1 spiro atoms. The number of aliphatic hydroxyl groups excluding tert-OH is 1. The number of hydrogen-bond acceptors (Lipinski definition) is 5. The van der Waals surface area contributed by atoms with Crippen molar-refractivity contribution >= 4 is 17.7 Å². The molecule has 8 heteroatoms. The van der Waals surface area contributed by atoms with E-state index in [1.165, 1.54) is 6.42 Å².